The molecule has 0 bridgehead atoms. The third-order valence-electron chi connectivity index (χ3n) is 5.89. The summed E-state index contributed by atoms with van der Waals surface area (Å²) in [6.45, 7) is 0.123. The minimum absolute atomic E-state index is 0.0493. The summed E-state index contributed by atoms with van der Waals surface area (Å²) in [5.74, 6) is -2.48. The number of oxime groups is 1. The van der Waals surface area contributed by atoms with Gasteiger partial charge in [0.05, 0.1) is 11.7 Å². The highest BCUT2D eigenvalue weighted by Gasteiger charge is 2.53. The topological polar surface area (TPSA) is 174 Å². The van der Waals surface area contributed by atoms with Crippen LogP contribution in [0.25, 0.3) is 10.8 Å². The molecule has 4 N–H and O–H groups in total. The van der Waals surface area contributed by atoms with Gasteiger partial charge < -0.3 is 30.9 Å². The number of carbonyl (C=O) groups is 3. The van der Waals surface area contributed by atoms with E-state index in [1.54, 1.807) is 16.8 Å². The van der Waals surface area contributed by atoms with E-state index >= 15 is 0 Å². The summed E-state index contributed by atoms with van der Waals surface area (Å²) in [5, 5.41) is 31.3. The predicted molar refractivity (Wildman–Crippen MR) is 133 cm³/mol. The number of nitrogen functional groups attached to an aromatic ring is 1. The van der Waals surface area contributed by atoms with E-state index in [9.17, 15) is 24.6 Å². The van der Waals surface area contributed by atoms with E-state index in [1.807, 2.05) is 18.2 Å². The number of carboxylic acid groups (broad SMARTS) is 1. The number of fused-ring (bicyclic) bond motifs is 2. The molecule has 4 heterocycles. The number of aliphatic carboxylic acids is 1. The van der Waals surface area contributed by atoms with E-state index in [0.29, 0.717) is 11.0 Å². The van der Waals surface area contributed by atoms with Crippen LogP contribution in [0, 0.1) is 0 Å². The molecule has 37 heavy (non-hydrogen) atoms. The van der Waals surface area contributed by atoms with Crippen LogP contribution in [-0.4, -0.2) is 62.8 Å². The molecular weight excluding hydrogens is 520 g/mol. The van der Waals surface area contributed by atoms with Crippen LogP contribution in [-0.2, 0) is 25.8 Å². The van der Waals surface area contributed by atoms with Crippen LogP contribution < -0.4 is 20.7 Å². The second kappa shape index (κ2) is 9.71. The molecule has 1 saturated heterocycles. The Kier molecular flexibility index (Phi) is 6.43. The number of nitrogens with one attached hydrogen (secondary N) is 1. The number of aromatic nitrogens is 2. The van der Waals surface area contributed by atoms with Gasteiger partial charge in [0.25, 0.3) is 11.8 Å². The maximum Gasteiger partial charge on any atom is 0.276 e. The molecule has 0 radical (unpaired) electrons. The lowest BCUT2D eigenvalue weighted by Gasteiger charge is -2.50. The van der Waals surface area contributed by atoms with Gasteiger partial charge in [-0.25, -0.2) is 4.98 Å². The second-order valence-corrected chi connectivity index (χ2v) is 10.2. The molecule has 5 rings (SSSR count). The van der Waals surface area contributed by atoms with E-state index in [0.717, 1.165) is 21.6 Å². The van der Waals surface area contributed by atoms with Gasteiger partial charge >= 0.3 is 0 Å². The van der Waals surface area contributed by atoms with Crippen molar-refractivity contribution in [1.82, 2.24) is 15.2 Å². The number of hydrogen-bond acceptors (Lipinski definition) is 11. The van der Waals surface area contributed by atoms with Crippen LogP contribution in [0.15, 0.2) is 58.5 Å². The first-order valence-electron chi connectivity index (χ1n) is 10.9. The Morgan fingerprint density at radius 3 is 2.86 bits per heavy atom. The molecule has 14 heteroatoms. The fraction of sp³-hybridized carbons (Fsp3) is 0.217. The molecule has 0 aliphatic carbocycles. The lowest BCUT2D eigenvalue weighted by atomic mass is 10.0. The van der Waals surface area contributed by atoms with Gasteiger partial charge in [-0.15, -0.1) is 23.1 Å². The first kappa shape index (κ1) is 24.5. The Hall–Kier alpha value is -4.17. The smallest absolute Gasteiger partial charge is 0.276 e. The number of carboxylic acids is 1. The second-order valence-electron chi connectivity index (χ2n) is 8.20. The van der Waals surface area contributed by atoms with E-state index in [4.69, 9.17) is 10.6 Å². The predicted octanol–water partition coefficient (Wildman–Crippen LogP) is -0.674. The number of aromatic hydroxyl groups is 1. The molecule has 3 aromatic rings. The molecule has 0 saturated carbocycles. The summed E-state index contributed by atoms with van der Waals surface area (Å²) in [5.41, 5.74) is 5.88. The molecule has 190 valence electrons. The molecule has 0 spiro atoms. The number of nitrogens with zero attached hydrogens (tertiary/aromatic N) is 4. The van der Waals surface area contributed by atoms with Crippen LogP contribution in [0.5, 0.6) is 5.75 Å². The van der Waals surface area contributed by atoms with E-state index in [1.165, 1.54) is 30.4 Å². The van der Waals surface area contributed by atoms with Crippen LogP contribution in [0.4, 0.5) is 5.13 Å². The van der Waals surface area contributed by atoms with Crippen molar-refractivity contribution in [2.45, 2.75) is 18.0 Å². The molecular formula is C23H20N6O6S2. The number of carbonyl (C=O) groups excluding carboxylic acids is 3. The van der Waals surface area contributed by atoms with Gasteiger partial charge in [-0.2, -0.15) is 4.57 Å². The Balaban J connectivity index is 1.38. The SMILES string of the molecule is CON=C(C(=O)NC1C(=O)N2C(C(=O)[O-])=C(C[n+]3cc(O)c4ccccc4c3)CS[C@@H]12)c1csc(N)n1. The average molecular weight is 541 g/mol. The fourth-order valence-electron chi connectivity index (χ4n) is 4.29. The Bertz CT molecular complexity index is 1500. The first-order valence-corrected chi connectivity index (χ1v) is 12.8. The summed E-state index contributed by atoms with van der Waals surface area (Å²) in [7, 11) is 1.27. The Morgan fingerprint density at radius 1 is 1.38 bits per heavy atom. The maximum atomic E-state index is 13.0. The zero-order valence-electron chi connectivity index (χ0n) is 19.3. The molecule has 1 aromatic carbocycles. The Morgan fingerprint density at radius 2 is 2.16 bits per heavy atom. The Labute approximate surface area is 218 Å². The van der Waals surface area contributed by atoms with E-state index in [2.05, 4.69) is 15.5 Å². The van der Waals surface area contributed by atoms with Crippen LogP contribution in [0.3, 0.4) is 0 Å². The molecule has 2 amide bonds. The number of thioether (sulfide) groups is 1. The van der Waals surface area contributed by atoms with Crippen molar-refractivity contribution in [1.29, 1.82) is 0 Å². The number of rotatable bonds is 7. The largest absolute Gasteiger partial charge is 0.543 e. The minimum atomic E-state index is -1.50. The van der Waals surface area contributed by atoms with Crippen molar-refractivity contribution < 1.29 is 34.0 Å². The molecule has 2 aliphatic rings. The maximum absolute atomic E-state index is 13.0. The minimum Gasteiger partial charge on any atom is -0.543 e. The van der Waals surface area contributed by atoms with Crippen molar-refractivity contribution in [3.63, 3.8) is 0 Å². The van der Waals surface area contributed by atoms with Gasteiger partial charge in [0.15, 0.2) is 29.3 Å². The average Bonchev–Trinajstić information content (AvgIpc) is 3.31. The number of anilines is 1. The van der Waals surface area contributed by atoms with E-state index in [-0.39, 0.29) is 40.3 Å². The molecule has 1 unspecified atom stereocenters. The first-order chi connectivity index (χ1) is 17.8. The number of hydrogen-bond donors (Lipinski definition) is 3. The third-order valence-corrected chi connectivity index (χ3v) is 7.91. The monoisotopic (exact) mass is 540 g/mol. The summed E-state index contributed by atoms with van der Waals surface area (Å²) in [6.07, 6.45) is 3.29. The zero-order chi connectivity index (χ0) is 26.3. The molecule has 2 aromatic heterocycles. The van der Waals surface area contributed by atoms with Crippen molar-refractivity contribution in [2.24, 2.45) is 5.16 Å². The normalized spacial score (nSPS) is 19.4. The molecule has 12 nitrogen and oxygen atoms in total. The van der Waals surface area contributed by atoms with Crippen LogP contribution in [0.2, 0.25) is 0 Å². The number of pyridine rings is 1. The van der Waals surface area contributed by atoms with Crippen molar-refractivity contribution in [3.8, 4) is 5.75 Å². The summed E-state index contributed by atoms with van der Waals surface area (Å²) in [4.78, 5) is 47.9. The number of β-lactam (4-membered cyclic amide) rings is 1. The number of amides is 2. The van der Waals surface area contributed by atoms with Crippen molar-refractivity contribution in [2.75, 3.05) is 18.6 Å². The van der Waals surface area contributed by atoms with Gasteiger partial charge in [-0.05, 0) is 6.07 Å². The number of nitrogens with two attached hydrogens (primary N) is 1. The highest BCUT2D eigenvalue weighted by molar-refractivity contribution is 8.00. The van der Waals surface area contributed by atoms with Gasteiger partial charge in [0.1, 0.15) is 24.2 Å². The summed E-state index contributed by atoms with van der Waals surface area (Å²) < 4.78 is 1.66. The lowest BCUT2D eigenvalue weighted by molar-refractivity contribution is -0.688. The number of benzene rings is 1. The van der Waals surface area contributed by atoms with Crippen LogP contribution >= 0.6 is 23.1 Å². The van der Waals surface area contributed by atoms with Crippen molar-refractivity contribution in [3.05, 3.63) is 59.0 Å². The van der Waals surface area contributed by atoms with Gasteiger partial charge in [0, 0.05) is 27.5 Å². The molecule has 2 atom stereocenters. The third kappa shape index (κ3) is 4.44. The van der Waals surface area contributed by atoms with Crippen molar-refractivity contribution >= 4 is 62.5 Å². The van der Waals surface area contributed by atoms with Gasteiger partial charge in [-0.3, -0.25) is 14.5 Å². The van der Waals surface area contributed by atoms with Gasteiger partial charge in [0.2, 0.25) is 6.20 Å². The molecule has 1 fully saturated rings. The summed E-state index contributed by atoms with van der Waals surface area (Å²) in [6, 6.07) is 6.27. The zero-order valence-corrected chi connectivity index (χ0v) is 20.9. The standard InChI is InChI=1S/C23H20N6O6S2/c1-35-27-16(14-10-37-23(24)25-14)19(31)26-17-20(32)29-18(22(33)34)12(9-36-21(17)29)7-28-6-11-4-2-3-5-13(11)15(30)8-28/h2-6,8,10,17,21H,7,9H2,1H3,(H4-,24,25,26,30,31,33,34)/t17?,21-/m0/s1. The summed E-state index contributed by atoms with van der Waals surface area (Å²) >= 11 is 2.42. The fourth-order valence-corrected chi connectivity index (χ4v) is 6.18. The highest BCUT2D eigenvalue weighted by Crippen LogP contribution is 2.40. The van der Waals surface area contributed by atoms with Gasteiger partial charge in [-0.1, -0.05) is 23.4 Å². The number of thiazole rings is 1. The van der Waals surface area contributed by atoms with E-state index < -0.39 is 29.2 Å². The van der Waals surface area contributed by atoms with Crippen LogP contribution in [0.1, 0.15) is 5.69 Å². The lowest BCUT2D eigenvalue weighted by Crippen LogP contribution is -2.71. The highest BCUT2D eigenvalue weighted by atomic mass is 32.2. The quantitative estimate of drug-likeness (QED) is 0.152. The molecule has 2 aliphatic heterocycles.